The Balaban J connectivity index is 1.65. The van der Waals surface area contributed by atoms with E-state index in [0.29, 0.717) is 18.1 Å². The van der Waals surface area contributed by atoms with Crippen molar-refractivity contribution >= 4 is 21.8 Å². The zero-order valence-corrected chi connectivity index (χ0v) is 19.3. The van der Waals surface area contributed by atoms with E-state index < -0.39 is 0 Å². The molecule has 0 saturated heterocycles. The fourth-order valence-corrected chi connectivity index (χ4v) is 3.54. The van der Waals surface area contributed by atoms with E-state index in [1.807, 2.05) is 48.5 Å². The van der Waals surface area contributed by atoms with E-state index in [4.69, 9.17) is 4.74 Å². The van der Waals surface area contributed by atoms with Crippen molar-refractivity contribution in [2.75, 3.05) is 0 Å². The summed E-state index contributed by atoms with van der Waals surface area (Å²) in [5.74, 6) is 1.22. The van der Waals surface area contributed by atoms with Gasteiger partial charge in [0.05, 0.1) is 6.04 Å². The fraction of sp³-hybridized carbons (Fsp3) is 0.269. The van der Waals surface area contributed by atoms with Crippen molar-refractivity contribution in [3.05, 3.63) is 99.5 Å². The van der Waals surface area contributed by atoms with Gasteiger partial charge >= 0.3 is 0 Å². The number of rotatable bonds is 8. The summed E-state index contributed by atoms with van der Waals surface area (Å²) < 4.78 is 6.84. The third-order valence-corrected chi connectivity index (χ3v) is 5.66. The Hall–Kier alpha value is -2.59. The molecular weight excluding hydrogens is 438 g/mol. The van der Waals surface area contributed by atoms with E-state index in [0.717, 1.165) is 27.8 Å². The van der Waals surface area contributed by atoms with Crippen molar-refractivity contribution in [1.82, 2.24) is 5.32 Å². The minimum atomic E-state index is -0.0692. The summed E-state index contributed by atoms with van der Waals surface area (Å²) in [6.45, 7) is 6.86. The first-order chi connectivity index (χ1) is 14.5. The molecule has 1 unspecified atom stereocenters. The van der Waals surface area contributed by atoms with Gasteiger partial charge < -0.3 is 10.1 Å². The second-order valence-electron chi connectivity index (χ2n) is 7.70. The fourth-order valence-electron chi connectivity index (χ4n) is 3.28. The highest BCUT2D eigenvalue weighted by Gasteiger charge is 2.15. The molecule has 156 valence electrons. The maximum absolute atomic E-state index is 12.9. The molecule has 3 aromatic carbocycles. The third-order valence-electron chi connectivity index (χ3n) is 5.13. The first-order valence-corrected chi connectivity index (χ1v) is 11.1. The van der Waals surface area contributed by atoms with Crippen molar-refractivity contribution in [2.45, 2.75) is 45.8 Å². The molecule has 3 aromatic rings. The lowest BCUT2D eigenvalue weighted by atomic mass is 9.98. The van der Waals surface area contributed by atoms with Gasteiger partial charge in [-0.15, -0.1) is 0 Å². The number of hydrogen-bond donors (Lipinski definition) is 1. The molecule has 0 fully saturated rings. The number of nitrogens with one attached hydrogen (secondary N) is 1. The third kappa shape index (κ3) is 5.96. The van der Waals surface area contributed by atoms with Crippen LogP contribution in [0.15, 0.2) is 77.3 Å². The molecule has 30 heavy (non-hydrogen) atoms. The average Bonchev–Trinajstić information content (AvgIpc) is 2.77. The lowest BCUT2D eigenvalue weighted by molar-refractivity contribution is 0.0935. The number of amides is 1. The van der Waals surface area contributed by atoms with Crippen molar-refractivity contribution in [1.29, 1.82) is 0 Å². The van der Waals surface area contributed by atoms with Crippen LogP contribution >= 0.6 is 15.9 Å². The van der Waals surface area contributed by atoms with Crippen LogP contribution in [0, 0.1) is 0 Å². The van der Waals surface area contributed by atoms with Crippen molar-refractivity contribution in [2.24, 2.45) is 0 Å². The Kier molecular flexibility index (Phi) is 7.69. The Bertz CT molecular complexity index is 965. The molecule has 0 spiro atoms. The van der Waals surface area contributed by atoms with Crippen molar-refractivity contribution in [3.8, 4) is 5.75 Å². The van der Waals surface area contributed by atoms with Crippen LogP contribution in [0.2, 0.25) is 0 Å². The smallest absolute Gasteiger partial charge is 0.251 e. The number of benzene rings is 3. The minimum Gasteiger partial charge on any atom is -0.489 e. The predicted molar refractivity (Wildman–Crippen MR) is 126 cm³/mol. The number of ether oxygens (including phenoxy) is 1. The Labute approximate surface area is 187 Å². The number of carbonyl (C=O) groups is 1. The summed E-state index contributed by atoms with van der Waals surface area (Å²) in [5.41, 5.74) is 4.03. The summed E-state index contributed by atoms with van der Waals surface area (Å²) in [5, 5.41) is 3.17. The van der Waals surface area contributed by atoms with Gasteiger partial charge in [0.1, 0.15) is 12.4 Å². The number of hydrogen-bond acceptors (Lipinski definition) is 2. The van der Waals surface area contributed by atoms with Crippen LogP contribution in [0.25, 0.3) is 0 Å². The molecule has 0 aliphatic rings. The maximum Gasteiger partial charge on any atom is 0.251 e. The molecule has 0 saturated carbocycles. The van der Waals surface area contributed by atoms with Gasteiger partial charge in [-0.25, -0.2) is 0 Å². The SMILES string of the molecule is CCC(NC(=O)c1cccc(COc2ccc(Br)cc2)c1)c1ccc(C(C)C)cc1. The topological polar surface area (TPSA) is 38.3 Å². The Morgan fingerprint density at radius 1 is 0.967 bits per heavy atom. The highest BCUT2D eigenvalue weighted by molar-refractivity contribution is 9.10. The van der Waals surface area contributed by atoms with Gasteiger partial charge in [-0.2, -0.15) is 0 Å². The second-order valence-corrected chi connectivity index (χ2v) is 8.61. The lowest BCUT2D eigenvalue weighted by Crippen LogP contribution is -2.28. The van der Waals surface area contributed by atoms with Crippen LogP contribution in [0.1, 0.15) is 66.2 Å². The molecule has 0 aliphatic carbocycles. The van der Waals surface area contributed by atoms with Gasteiger partial charge in [0.2, 0.25) is 0 Å². The normalized spacial score (nSPS) is 11.9. The molecule has 0 bridgehead atoms. The van der Waals surface area contributed by atoms with Gasteiger partial charge in [-0.3, -0.25) is 4.79 Å². The van der Waals surface area contributed by atoms with Crippen molar-refractivity contribution in [3.63, 3.8) is 0 Å². The van der Waals surface area contributed by atoms with E-state index in [9.17, 15) is 4.79 Å². The minimum absolute atomic E-state index is 0.0126. The molecular formula is C26H28BrNO2. The van der Waals surface area contributed by atoms with E-state index in [2.05, 4.69) is 66.3 Å². The first-order valence-electron chi connectivity index (χ1n) is 10.3. The second kappa shape index (κ2) is 10.4. The average molecular weight is 466 g/mol. The van der Waals surface area contributed by atoms with Crippen LogP contribution in [-0.2, 0) is 6.61 Å². The lowest BCUT2D eigenvalue weighted by Gasteiger charge is -2.19. The van der Waals surface area contributed by atoms with Gasteiger partial charge in [-0.05, 0) is 65.4 Å². The van der Waals surface area contributed by atoms with Crippen LogP contribution < -0.4 is 10.1 Å². The molecule has 3 nitrogen and oxygen atoms in total. The molecule has 0 heterocycles. The van der Waals surface area contributed by atoms with E-state index in [-0.39, 0.29) is 11.9 Å². The summed E-state index contributed by atoms with van der Waals surface area (Å²) in [6.07, 6.45) is 0.832. The molecule has 4 heteroatoms. The van der Waals surface area contributed by atoms with Crippen molar-refractivity contribution < 1.29 is 9.53 Å². The van der Waals surface area contributed by atoms with E-state index in [1.165, 1.54) is 5.56 Å². The number of carbonyl (C=O) groups excluding carboxylic acids is 1. The molecule has 0 aromatic heterocycles. The summed E-state index contributed by atoms with van der Waals surface area (Å²) >= 11 is 3.42. The Morgan fingerprint density at radius 3 is 2.27 bits per heavy atom. The molecule has 3 rings (SSSR count). The van der Waals surface area contributed by atoms with Gasteiger partial charge in [0, 0.05) is 10.0 Å². The molecule has 0 aliphatic heterocycles. The standard InChI is InChI=1S/C26H28BrNO2/c1-4-25(21-10-8-20(9-11-21)18(2)3)28-26(29)22-7-5-6-19(16-22)17-30-24-14-12-23(27)13-15-24/h5-16,18,25H,4,17H2,1-3H3,(H,28,29). The maximum atomic E-state index is 12.9. The molecule has 1 atom stereocenters. The summed E-state index contributed by atoms with van der Waals surface area (Å²) in [4.78, 5) is 12.9. The van der Waals surface area contributed by atoms with Crippen LogP contribution in [-0.4, -0.2) is 5.91 Å². The van der Waals surface area contributed by atoms with Crippen LogP contribution in [0.4, 0.5) is 0 Å². The highest BCUT2D eigenvalue weighted by atomic mass is 79.9. The quantitative estimate of drug-likeness (QED) is 0.387. The zero-order chi connectivity index (χ0) is 21.5. The van der Waals surface area contributed by atoms with E-state index >= 15 is 0 Å². The van der Waals surface area contributed by atoms with Gasteiger partial charge in [0.15, 0.2) is 0 Å². The summed E-state index contributed by atoms with van der Waals surface area (Å²) in [6, 6.07) is 23.8. The van der Waals surface area contributed by atoms with E-state index in [1.54, 1.807) is 0 Å². The first kappa shape index (κ1) is 22.1. The van der Waals surface area contributed by atoms with Crippen LogP contribution in [0.5, 0.6) is 5.75 Å². The van der Waals surface area contributed by atoms with Crippen LogP contribution in [0.3, 0.4) is 0 Å². The van der Waals surface area contributed by atoms with Gasteiger partial charge in [-0.1, -0.05) is 73.1 Å². The molecule has 1 N–H and O–H groups in total. The molecule has 1 amide bonds. The largest absolute Gasteiger partial charge is 0.489 e. The highest BCUT2D eigenvalue weighted by Crippen LogP contribution is 2.22. The summed E-state index contributed by atoms with van der Waals surface area (Å²) in [7, 11) is 0. The molecule has 0 radical (unpaired) electrons. The number of halogens is 1. The monoisotopic (exact) mass is 465 g/mol. The predicted octanol–water partition coefficient (Wildman–Crippen LogP) is 7.03. The Morgan fingerprint density at radius 2 is 1.63 bits per heavy atom. The zero-order valence-electron chi connectivity index (χ0n) is 17.7. The van der Waals surface area contributed by atoms with Gasteiger partial charge in [0.25, 0.3) is 5.91 Å².